The smallest absolute Gasteiger partial charge is 0.281 e. The van der Waals surface area contributed by atoms with Crippen molar-refractivity contribution in [2.45, 2.75) is 17.6 Å². The van der Waals surface area contributed by atoms with Crippen molar-refractivity contribution in [1.29, 1.82) is 0 Å². The van der Waals surface area contributed by atoms with Gasteiger partial charge in [-0.25, -0.2) is 4.39 Å². The molecule has 91 valence electrons. The minimum Gasteiger partial charge on any atom is -0.281 e. The Morgan fingerprint density at radius 3 is 1.43 bits per heavy atom. The van der Waals surface area contributed by atoms with Crippen molar-refractivity contribution >= 4 is 10.1 Å². The molecule has 0 saturated carbocycles. The molecule has 0 saturated heterocycles. The minimum atomic E-state index is -6.41. The molecule has 0 fully saturated rings. The van der Waals surface area contributed by atoms with Crippen LogP contribution in [0.25, 0.3) is 0 Å². The van der Waals surface area contributed by atoms with Gasteiger partial charge in [-0.3, -0.25) is 4.55 Å². The fourth-order valence-corrected chi connectivity index (χ4v) is 0.716. The summed E-state index contributed by atoms with van der Waals surface area (Å²) in [6.45, 7) is 0. The summed E-state index contributed by atoms with van der Waals surface area (Å²) in [5.41, 5.74) is 0. The van der Waals surface area contributed by atoms with E-state index in [9.17, 15) is 34.8 Å². The second-order valence-electron chi connectivity index (χ2n) is 1.94. The van der Waals surface area contributed by atoms with Gasteiger partial charge in [0.25, 0.3) is 6.17 Å². The molecule has 1 radical (unpaired) electrons. The van der Waals surface area contributed by atoms with Crippen LogP contribution in [0, 0.1) is 0 Å². The van der Waals surface area contributed by atoms with Gasteiger partial charge in [0.2, 0.25) is 0 Å². The summed E-state index contributed by atoms with van der Waals surface area (Å²) in [4.78, 5) is 0. The van der Waals surface area contributed by atoms with Crippen LogP contribution in [-0.2, 0) is 32.5 Å². The Kier molecular flexibility index (Phi) is 5.22. The van der Waals surface area contributed by atoms with Crippen molar-refractivity contribution in [2.75, 3.05) is 0 Å². The van der Waals surface area contributed by atoms with Crippen LogP contribution < -0.4 is 0 Å². The van der Waals surface area contributed by atoms with Gasteiger partial charge in [-0.15, -0.1) is 0 Å². The maximum Gasteiger partial charge on any atom is 0.426 e. The average molecular weight is 340 g/mol. The van der Waals surface area contributed by atoms with Crippen molar-refractivity contribution in [2.24, 2.45) is 0 Å². The number of halogens is 6. The van der Waals surface area contributed by atoms with E-state index in [4.69, 9.17) is 4.55 Å². The summed E-state index contributed by atoms with van der Waals surface area (Å²) >= 11 is 0. The monoisotopic (exact) mass is 339 g/mol. The van der Waals surface area contributed by atoms with Crippen molar-refractivity contribution in [1.82, 2.24) is 0 Å². The number of rotatable bonds is 2. The summed E-state index contributed by atoms with van der Waals surface area (Å²) in [7, 11) is -6.41. The van der Waals surface area contributed by atoms with Gasteiger partial charge < -0.3 is 0 Å². The van der Waals surface area contributed by atoms with E-state index in [1.54, 1.807) is 0 Å². The first kappa shape index (κ1) is 16.7. The van der Waals surface area contributed by atoms with E-state index >= 15 is 0 Å². The summed E-state index contributed by atoms with van der Waals surface area (Å²) in [5, 5.41) is -5.88. The summed E-state index contributed by atoms with van der Waals surface area (Å²) < 4.78 is 96.1. The molecule has 14 heavy (non-hydrogen) atoms. The number of alkyl halides is 6. The molecule has 0 aromatic carbocycles. The summed E-state index contributed by atoms with van der Waals surface area (Å²) in [5.74, 6) is 0. The number of hydrogen-bond acceptors (Lipinski definition) is 2. The molecule has 1 unspecified atom stereocenters. The van der Waals surface area contributed by atoms with Crippen LogP contribution in [0.2, 0.25) is 0 Å². The van der Waals surface area contributed by atoms with Gasteiger partial charge in [0.05, 0.1) is 0 Å². The Bertz CT molecular complexity index is 283. The second-order valence-corrected chi connectivity index (χ2v) is 3.44. The predicted octanol–water partition coefficient (Wildman–Crippen LogP) is 1.36. The van der Waals surface area contributed by atoms with Gasteiger partial charge >= 0.3 is 21.5 Å². The van der Waals surface area contributed by atoms with E-state index in [2.05, 4.69) is 0 Å². The Morgan fingerprint density at radius 1 is 1.07 bits per heavy atom. The average Bonchev–Trinajstić information content (AvgIpc) is 1.81. The number of hydrogen-bond donors (Lipinski definition) is 1. The van der Waals surface area contributed by atoms with Crippen molar-refractivity contribution in [3.05, 3.63) is 0 Å². The minimum absolute atomic E-state index is 0. The van der Waals surface area contributed by atoms with Crippen molar-refractivity contribution in [3.63, 3.8) is 0 Å². The molecule has 11 heteroatoms. The molecular formula is C3H2AgF6O3S. The quantitative estimate of drug-likeness (QED) is 0.469. The van der Waals surface area contributed by atoms with Crippen molar-refractivity contribution in [3.8, 4) is 0 Å². The van der Waals surface area contributed by atoms with Gasteiger partial charge in [-0.05, 0) is 0 Å². The first-order chi connectivity index (χ1) is 5.40. The molecule has 1 N–H and O–H groups in total. The Labute approximate surface area is 89.7 Å². The van der Waals surface area contributed by atoms with E-state index < -0.39 is 27.7 Å². The molecule has 0 spiro atoms. The fourth-order valence-electron chi connectivity index (χ4n) is 0.321. The molecule has 0 aliphatic heterocycles. The van der Waals surface area contributed by atoms with Gasteiger partial charge in [0.1, 0.15) is 0 Å². The van der Waals surface area contributed by atoms with Crippen LogP contribution in [0.5, 0.6) is 0 Å². The molecule has 0 aromatic heterocycles. The van der Waals surface area contributed by atoms with E-state index in [-0.39, 0.29) is 22.4 Å². The first-order valence-corrected chi connectivity index (χ1v) is 3.90. The molecule has 3 nitrogen and oxygen atoms in total. The van der Waals surface area contributed by atoms with E-state index in [0.717, 1.165) is 0 Å². The first-order valence-electron chi connectivity index (χ1n) is 2.46. The Balaban J connectivity index is 0. The Morgan fingerprint density at radius 2 is 1.36 bits per heavy atom. The van der Waals surface area contributed by atoms with Crippen LogP contribution in [0.4, 0.5) is 26.3 Å². The molecule has 0 aliphatic rings. The SMILES string of the molecule is O=S(=O)(O)C(F)(F)C(F)C(F)(F)F.[Ag]. The molecule has 0 aliphatic carbocycles. The zero-order chi connectivity index (χ0) is 11.1. The maximum absolute atomic E-state index is 11.9. The van der Waals surface area contributed by atoms with Crippen molar-refractivity contribution < 1.29 is 61.7 Å². The molecule has 0 rings (SSSR count). The third-order valence-corrected chi connectivity index (χ3v) is 1.82. The third kappa shape index (κ3) is 3.42. The predicted molar refractivity (Wildman–Crippen MR) is 27.4 cm³/mol. The van der Waals surface area contributed by atoms with E-state index in [0.29, 0.717) is 0 Å². The van der Waals surface area contributed by atoms with E-state index in [1.165, 1.54) is 0 Å². The van der Waals surface area contributed by atoms with Gasteiger partial charge in [-0.1, -0.05) is 0 Å². The van der Waals surface area contributed by atoms with Crippen LogP contribution in [0.1, 0.15) is 0 Å². The van der Waals surface area contributed by atoms with Crippen LogP contribution in [-0.4, -0.2) is 30.6 Å². The van der Waals surface area contributed by atoms with Gasteiger partial charge in [-0.2, -0.15) is 30.4 Å². The van der Waals surface area contributed by atoms with Crippen LogP contribution in [0.15, 0.2) is 0 Å². The molecule has 0 aromatic rings. The maximum atomic E-state index is 11.9. The zero-order valence-electron chi connectivity index (χ0n) is 5.82. The molecule has 0 heterocycles. The Hall–Kier alpha value is 0.230. The summed E-state index contributed by atoms with van der Waals surface area (Å²) in [6, 6.07) is 0. The topological polar surface area (TPSA) is 54.4 Å². The van der Waals surface area contributed by atoms with Gasteiger partial charge in [0, 0.05) is 22.4 Å². The molecule has 0 amide bonds. The van der Waals surface area contributed by atoms with E-state index in [1.807, 2.05) is 0 Å². The van der Waals surface area contributed by atoms with Gasteiger partial charge in [0.15, 0.2) is 0 Å². The molecule has 0 bridgehead atoms. The standard InChI is InChI=1S/C3H2F6O3S.Ag/c4-1(2(5,6)7)3(8,9)13(10,11)12;/h1H,(H,10,11,12);. The fraction of sp³-hybridized carbons (Fsp3) is 1.00. The second kappa shape index (κ2) is 4.39. The van der Waals surface area contributed by atoms with Crippen LogP contribution in [0.3, 0.4) is 0 Å². The zero-order valence-corrected chi connectivity index (χ0v) is 8.12. The normalized spacial score (nSPS) is 15.9. The molecular weight excluding hydrogens is 338 g/mol. The molecule has 1 atom stereocenters. The third-order valence-electron chi connectivity index (χ3n) is 0.926. The summed E-state index contributed by atoms with van der Waals surface area (Å²) in [6.07, 6.45) is -11.0. The van der Waals surface area contributed by atoms with Crippen LogP contribution >= 0.6 is 0 Å². The largest absolute Gasteiger partial charge is 0.426 e.